The van der Waals surface area contributed by atoms with Crippen LogP contribution < -0.4 is 34.7 Å². The van der Waals surface area contributed by atoms with Crippen LogP contribution in [0.15, 0.2) is 11.5 Å². The van der Waals surface area contributed by atoms with Gasteiger partial charge in [-0.1, -0.05) is 26.6 Å². The Bertz CT molecular complexity index is 374. The molecule has 4 nitrogen and oxygen atoms in total. The van der Waals surface area contributed by atoms with E-state index in [2.05, 4.69) is 31.1 Å². The fraction of sp³-hybridized carbons (Fsp3) is 0.615. The van der Waals surface area contributed by atoms with Crippen LogP contribution >= 0.6 is 0 Å². The summed E-state index contributed by atoms with van der Waals surface area (Å²) in [5, 5.41) is 11.6. The van der Waals surface area contributed by atoms with E-state index in [1.807, 2.05) is 0 Å². The van der Waals surface area contributed by atoms with E-state index in [-0.39, 0.29) is 54.8 Å². The van der Waals surface area contributed by atoms with Crippen molar-refractivity contribution >= 4 is 14.0 Å². The first-order valence-electron chi connectivity index (χ1n) is 6.02. The molecule has 102 valence electrons. The predicted octanol–water partition coefficient (Wildman–Crippen LogP) is -1.57. The summed E-state index contributed by atoms with van der Waals surface area (Å²) >= 11 is 0. The fourth-order valence-electron chi connectivity index (χ4n) is 1.06. The van der Waals surface area contributed by atoms with Gasteiger partial charge in [0.05, 0.1) is 18.1 Å². The normalized spacial score (nSPS) is 11.4. The van der Waals surface area contributed by atoms with Gasteiger partial charge in [-0.2, -0.15) is 0 Å². The molecule has 0 unspecified atom stereocenters. The van der Waals surface area contributed by atoms with Gasteiger partial charge in [0.2, 0.25) is 0 Å². The Balaban J connectivity index is 0. The Morgan fingerprint density at radius 1 is 1.16 bits per heavy atom. The van der Waals surface area contributed by atoms with E-state index in [9.17, 15) is 9.90 Å². The summed E-state index contributed by atoms with van der Waals surface area (Å²) in [6.07, 6.45) is 0.0853. The molecule has 0 spiro atoms. The molecular weight excluding hydrogens is 271 g/mol. The van der Waals surface area contributed by atoms with Crippen LogP contribution in [0.4, 0.5) is 0 Å². The van der Waals surface area contributed by atoms with Crippen molar-refractivity contribution in [1.82, 2.24) is 0 Å². The van der Waals surface area contributed by atoms with Gasteiger partial charge in [0.1, 0.15) is 8.07 Å². The molecule has 6 heteroatoms. The van der Waals surface area contributed by atoms with Crippen molar-refractivity contribution in [2.45, 2.75) is 39.9 Å². The van der Waals surface area contributed by atoms with E-state index in [4.69, 9.17) is 9.47 Å². The minimum absolute atomic E-state index is 0. The quantitative estimate of drug-likeness (QED) is 0.202. The molecule has 0 aliphatic heterocycles. The van der Waals surface area contributed by atoms with Crippen molar-refractivity contribution in [2.75, 3.05) is 13.2 Å². The maximum absolute atomic E-state index is 11.6. The van der Waals surface area contributed by atoms with Crippen LogP contribution in [0.3, 0.4) is 0 Å². The zero-order valence-electron chi connectivity index (χ0n) is 12.8. The molecule has 19 heavy (non-hydrogen) atoms. The molecule has 0 aliphatic carbocycles. The van der Waals surface area contributed by atoms with Crippen LogP contribution in [0.25, 0.3) is 0 Å². The predicted molar refractivity (Wildman–Crippen MR) is 71.0 cm³/mol. The maximum atomic E-state index is 11.6. The molecule has 0 bridgehead atoms. The first-order valence-corrected chi connectivity index (χ1v) is 9.52. The average molecular weight is 292 g/mol. The monoisotopic (exact) mass is 292 g/mol. The summed E-state index contributed by atoms with van der Waals surface area (Å²) in [7, 11) is -1.51. The van der Waals surface area contributed by atoms with Crippen LogP contribution in [-0.2, 0) is 14.3 Å². The first kappa shape index (κ1) is 20.9. The fourth-order valence-corrected chi connectivity index (χ4v) is 1.68. The summed E-state index contributed by atoms with van der Waals surface area (Å²) in [6.45, 7) is 10.1. The number of esters is 1. The summed E-state index contributed by atoms with van der Waals surface area (Å²) in [6, 6.07) is 0. The zero-order chi connectivity index (χ0) is 14.2. The SMILES string of the molecule is CCOC(=O)C(CC#C[Si](C)(C)C)=C([O-])OCC.[Na+]. The molecule has 0 heterocycles. The Morgan fingerprint density at radius 3 is 2.11 bits per heavy atom. The third kappa shape index (κ3) is 10.1. The van der Waals surface area contributed by atoms with Crippen molar-refractivity contribution in [1.29, 1.82) is 0 Å². The molecule has 0 N–H and O–H groups in total. The molecule has 0 rings (SSSR count). The van der Waals surface area contributed by atoms with Gasteiger partial charge in [0.25, 0.3) is 0 Å². The Hall–Kier alpha value is -0.413. The van der Waals surface area contributed by atoms with Gasteiger partial charge >= 0.3 is 35.5 Å². The van der Waals surface area contributed by atoms with Gasteiger partial charge in [-0.05, 0) is 13.5 Å². The van der Waals surface area contributed by atoms with Crippen molar-refractivity contribution in [3.05, 3.63) is 11.5 Å². The second kappa shape index (κ2) is 10.4. The van der Waals surface area contributed by atoms with Gasteiger partial charge in [-0.3, -0.25) is 0 Å². The van der Waals surface area contributed by atoms with E-state index in [1.165, 1.54) is 0 Å². The van der Waals surface area contributed by atoms with E-state index in [0.717, 1.165) is 0 Å². The number of hydrogen-bond acceptors (Lipinski definition) is 4. The molecule has 0 aromatic carbocycles. The number of carbonyl (C=O) groups is 1. The van der Waals surface area contributed by atoms with Gasteiger partial charge in [-0.25, -0.2) is 4.79 Å². The Morgan fingerprint density at radius 2 is 1.68 bits per heavy atom. The summed E-state index contributed by atoms with van der Waals surface area (Å²) in [5.41, 5.74) is 3.08. The van der Waals surface area contributed by atoms with Crippen molar-refractivity contribution in [3.8, 4) is 11.5 Å². The minimum Gasteiger partial charge on any atom is -0.613 e. The standard InChI is InChI=1S/C13H22O4Si.Na/c1-6-16-12(14)11(13(15)17-7-2)9-8-10-18(3,4)5;/h14H,6-7,9H2,1-5H3;/q;+1/p-1. The second-order valence-electron chi connectivity index (χ2n) is 4.65. The molecule has 0 aliphatic rings. The Labute approximate surface area is 138 Å². The number of hydrogen-bond donors (Lipinski definition) is 0. The number of carbonyl (C=O) groups excluding carboxylic acids is 1. The molecular formula is C13H21NaO4Si. The second-order valence-corrected chi connectivity index (χ2v) is 9.40. The average Bonchev–Trinajstić information content (AvgIpc) is 2.23. The maximum Gasteiger partial charge on any atom is 1.00 e. The molecule has 0 aromatic rings. The van der Waals surface area contributed by atoms with Crippen molar-refractivity contribution in [2.24, 2.45) is 0 Å². The van der Waals surface area contributed by atoms with E-state index < -0.39 is 20.0 Å². The van der Waals surface area contributed by atoms with E-state index in [0.29, 0.717) is 0 Å². The first-order chi connectivity index (χ1) is 8.31. The molecule has 0 atom stereocenters. The molecule has 0 saturated carbocycles. The Kier molecular flexibility index (Phi) is 11.4. The smallest absolute Gasteiger partial charge is 0.613 e. The summed E-state index contributed by atoms with van der Waals surface area (Å²) in [4.78, 5) is 11.6. The molecule has 0 amide bonds. The van der Waals surface area contributed by atoms with E-state index >= 15 is 0 Å². The van der Waals surface area contributed by atoms with Gasteiger partial charge in [0, 0.05) is 6.42 Å². The van der Waals surface area contributed by atoms with Crippen LogP contribution in [0.2, 0.25) is 19.6 Å². The van der Waals surface area contributed by atoms with E-state index in [1.54, 1.807) is 13.8 Å². The summed E-state index contributed by atoms with van der Waals surface area (Å²) in [5.74, 6) is 1.60. The van der Waals surface area contributed by atoms with Crippen molar-refractivity contribution in [3.63, 3.8) is 0 Å². The molecule has 0 radical (unpaired) electrons. The van der Waals surface area contributed by atoms with Gasteiger partial charge < -0.3 is 14.6 Å². The van der Waals surface area contributed by atoms with Crippen LogP contribution in [-0.4, -0.2) is 27.3 Å². The van der Waals surface area contributed by atoms with Gasteiger partial charge in [0.15, 0.2) is 0 Å². The third-order valence-electron chi connectivity index (χ3n) is 1.77. The molecule has 0 saturated heterocycles. The van der Waals surface area contributed by atoms with Crippen LogP contribution in [0, 0.1) is 11.5 Å². The number of rotatable bonds is 5. The molecule has 0 fully saturated rings. The minimum atomic E-state index is -1.51. The zero-order valence-corrected chi connectivity index (χ0v) is 15.8. The topological polar surface area (TPSA) is 58.6 Å². The van der Waals surface area contributed by atoms with Crippen LogP contribution in [0.5, 0.6) is 0 Å². The molecule has 0 aromatic heterocycles. The van der Waals surface area contributed by atoms with Gasteiger partial charge in [-0.15, -0.1) is 11.5 Å². The number of ether oxygens (including phenoxy) is 2. The summed E-state index contributed by atoms with van der Waals surface area (Å²) < 4.78 is 9.64. The largest absolute Gasteiger partial charge is 1.00 e. The van der Waals surface area contributed by atoms with Crippen LogP contribution in [0.1, 0.15) is 20.3 Å². The third-order valence-corrected chi connectivity index (χ3v) is 2.70. The van der Waals surface area contributed by atoms with Crippen molar-refractivity contribution < 1.29 is 48.9 Å².